The quantitative estimate of drug-likeness (QED) is 0.753. The van der Waals surface area contributed by atoms with Crippen molar-refractivity contribution < 1.29 is 9.53 Å². The minimum absolute atomic E-state index is 0.0517. The Bertz CT molecular complexity index is 682. The van der Waals surface area contributed by atoms with Crippen molar-refractivity contribution in [3.63, 3.8) is 0 Å². The topological polar surface area (TPSA) is 26.3 Å². The first-order valence-electron chi connectivity index (χ1n) is 6.83. The third-order valence-electron chi connectivity index (χ3n) is 3.69. The summed E-state index contributed by atoms with van der Waals surface area (Å²) in [4.78, 5) is 12.5. The molecule has 0 amide bonds. The van der Waals surface area contributed by atoms with E-state index >= 15 is 0 Å². The summed E-state index contributed by atoms with van der Waals surface area (Å²) in [5.74, 6) is -0.0517. The molecule has 0 fully saturated rings. The number of benzene rings is 2. The number of fused-ring (bicyclic) bond motifs is 1. The average Bonchev–Trinajstić information content (AvgIpc) is 2.50. The highest BCUT2D eigenvalue weighted by molar-refractivity contribution is 6.35. The minimum Gasteiger partial charge on any atom is -0.373 e. The molecule has 21 heavy (non-hydrogen) atoms. The number of ketones is 1. The van der Waals surface area contributed by atoms with Crippen LogP contribution in [0.1, 0.15) is 34.0 Å². The SMILES string of the molecule is O=C(CC1OCCc2ccccc21)c1cc(Cl)ccc1Cl. The molecule has 2 aromatic rings. The van der Waals surface area contributed by atoms with Gasteiger partial charge in [-0.15, -0.1) is 0 Å². The number of carbonyl (C=O) groups excluding carboxylic acids is 1. The molecule has 1 aliphatic heterocycles. The van der Waals surface area contributed by atoms with Gasteiger partial charge in [0.1, 0.15) is 0 Å². The van der Waals surface area contributed by atoms with E-state index in [1.165, 1.54) is 5.56 Å². The van der Waals surface area contributed by atoms with Gasteiger partial charge in [0.15, 0.2) is 5.78 Å². The van der Waals surface area contributed by atoms with Gasteiger partial charge in [0.05, 0.1) is 17.7 Å². The monoisotopic (exact) mass is 320 g/mol. The van der Waals surface area contributed by atoms with Gasteiger partial charge >= 0.3 is 0 Å². The number of halogens is 2. The van der Waals surface area contributed by atoms with Crippen LogP contribution in [0, 0.1) is 0 Å². The fourth-order valence-electron chi connectivity index (χ4n) is 2.64. The van der Waals surface area contributed by atoms with E-state index in [0.717, 1.165) is 12.0 Å². The number of Topliss-reactive ketones (excluding diaryl/α,β-unsaturated/α-hetero) is 1. The van der Waals surface area contributed by atoms with E-state index in [1.807, 2.05) is 18.2 Å². The maximum Gasteiger partial charge on any atom is 0.167 e. The number of hydrogen-bond acceptors (Lipinski definition) is 2. The van der Waals surface area contributed by atoms with Gasteiger partial charge in [-0.2, -0.15) is 0 Å². The van der Waals surface area contributed by atoms with E-state index in [4.69, 9.17) is 27.9 Å². The van der Waals surface area contributed by atoms with Crippen molar-refractivity contribution in [3.05, 3.63) is 69.2 Å². The predicted octanol–water partition coefficient (Wildman–Crippen LogP) is 4.88. The fourth-order valence-corrected chi connectivity index (χ4v) is 3.03. The highest BCUT2D eigenvalue weighted by Crippen LogP contribution is 2.32. The van der Waals surface area contributed by atoms with Gasteiger partial charge in [-0.25, -0.2) is 0 Å². The molecule has 4 heteroatoms. The second-order valence-corrected chi connectivity index (χ2v) is 5.90. The highest BCUT2D eigenvalue weighted by atomic mass is 35.5. The van der Waals surface area contributed by atoms with Crippen molar-refractivity contribution in [2.24, 2.45) is 0 Å². The van der Waals surface area contributed by atoms with E-state index in [0.29, 0.717) is 22.2 Å². The second kappa shape index (κ2) is 6.18. The largest absolute Gasteiger partial charge is 0.373 e. The fraction of sp³-hybridized carbons (Fsp3) is 0.235. The van der Waals surface area contributed by atoms with E-state index < -0.39 is 0 Å². The molecule has 1 heterocycles. The Morgan fingerprint density at radius 1 is 1.19 bits per heavy atom. The zero-order chi connectivity index (χ0) is 14.8. The van der Waals surface area contributed by atoms with E-state index in [9.17, 15) is 4.79 Å². The standard InChI is InChI=1S/C17H14Cl2O2/c18-12-5-6-15(19)14(9-12)16(20)10-17-13-4-2-1-3-11(13)7-8-21-17/h1-6,9,17H,7-8,10H2. The lowest BCUT2D eigenvalue weighted by molar-refractivity contribution is 0.0352. The van der Waals surface area contributed by atoms with Crippen molar-refractivity contribution in [2.45, 2.75) is 18.9 Å². The number of hydrogen-bond donors (Lipinski definition) is 0. The van der Waals surface area contributed by atoms with Gasteiger partial charge in [-0.3, -0.25) is 4.79 Å². The molecule has 0 aliphatic carbocycles. The van der Waals surface area contributed by atoms with Gasteiger partial charge in [0.2, 0.25) is 0 Å². The van der Waals surface area contributed by atoms with Crippen LogP contribution in [0.4, 0.5) is 0 Å². The number of carbonyl (C=O) groups is 1. The Hall–Kier alpha value is -1.35. The average molecular weight is 321 g/mol. The zero-order valence-electron chi connectivity index (χ0n) is 11.3. The summed E-state index contributed by atoms with van der Waals surface area (Å²) >= 11 is 12.0. The minimum atomic E-state index is -0.211. The third kappa shape index (κ3) is 3.13. The summed E-state index contributed by atoms with van der Waals surface area (Å²) in [6.45, 7) is 0.637. The summed E-state index contributed by atoms with van der Waals surface area (Å²) < 4.78 is 5.77. The summed E-state index contributed by atoms with van der Waals surface area (Å²) in [6, 6.07) is 13.0. The molecule has 0 aromatic heterocycles. The molecule has 0 radical (unpaired) electrons. The van der Waals surface area contributed by atoms with Crippen LogP contribution in [-0.2, 0) is 11.2 Å². The Morgan fingerprint density at radius 3 is 2.86 bits per heavy atom. The Balaban J connectivity index is 1.84. The zero-order valence-corrected chi connectivity index (χ0v) is 12.8. The molecular formula is C17H14Cl2O2. The molecule has 0 saturated heterocycles. The van der Waals surface area contributed by atoms with Gasteiger partial charge < -0.3 is 4.74 Å². The predicted molar refractivity (Wildman–Crippen MR) is 84.2 cm³/mol. The van der Waals surface area contributed by atoms with Crippen LogP contribution in [0.3, 0.4) is 0 Å². The first-order valence-corrected chi connectivity index (χ1v) is 7.58. The first-order chi connectivity index (χ1) is 10.1. The molecule has 3 rings (SSSR count). The summed E-state index contributed by atoms with van der Waals surface area (Å²) in [5.41, 5.74) is 2.80. The Kier molecular flexibility index (Phi) is 4.29. The molecule has 0 spiro atoms. The van der Waals surface area contributed by atoms with Crippen molar-refractivity contribution in [1.29, 1.82) is 0 Å². The lowest BCUT2D eigenvalue weighted by Gasteiger charge is -2.25. The molecule has 0 N–H and O–H groups in total. The van der Waals surface area contributed by atoms with Gasteiger partial charge in [0.25, 0.3) is 0 Å². The lowest BCUT2D eigenvalue weighted by Crippen LogP contribution is -2.19. The van der Waals surface area contributed by atoms with E-state index in [-0.39, 0.29) is 18.3 Å². The maximum absolute atomic E-state index is 12.5. The summed E-state index contributed by atoms with van der Waals surface area (Å²) in [7, 11) is 0. The van der Waals surface area contributed by atoms with Crippen molar-refractivity contribution in [1.82, 2.24) is 0 Å². The second-order valence-electron chi connectivity index (χ2n) is 5.06. The normalized spacial score (nSPS) is 17.3. The van der Waals surface area contributed by atoms with Crippen LogP contribution >= 0.6 is 23.2 Å². The van der Waals surface area contributed by atoms with Crippen LogP contribution in [0.2, 0.25) is 10.0 Å². The van der Waals surface area contributed by atoms with Gasteiger partial charge in [-0.1, -0.05) is 47.5 Å². The number of ether oxygens (including phenoxy) is 1. The molecular weight excluding hydrogens is 307 g/mol. The molecule has 2 nitrogen and oxygen atoms in total. The van der Waals surface area contributed by atoms with Gasteiger partial charge in [-0.05, 0) is 35.7 Å². The molecule has 2 aromatic carbocycles. The van der Waals surface area contributed by atoms with E-state index in [2.05, 4.69) is 6.07 Å². The molecule has 108 valence electrons. The van der Waals surface area contributed by atoms with Crippen LogP contribution in [0.5, 0.6) is 0 Å². The highest BCUT2D eigenvalue weighted by Gasteiger charge is 2.24. The third-order valence-corrected chi connectivity index (χ3v) is 4.26. The van der Waals surface area contributed by atoms with Crippen LogP contribution in [-0.4, -0.2) is 12.4 Å². The van der Waals surface area contributed by atoms with E-state index in [1.54, 1.807) is 18.2 Å². The first kappa shape index (κ1) is 14.6. The maximum atomic E-state index is 12.5. The Labute approximate surface area is 133 Å². The van der Waals surface area contributed by atoms with Gasteiger partial charge in [0, 0.05) is 17.0 Å². The molecule has 1 atom stereocenters. The van der Waals surface area contributed by atoms with Crippen LogP contribution < -0.4 is 0 Å². The molecule has 0 saturated carbocycles. The summed E-state index contributed by atoms with van der Waals surface area (Å²) in [5, 5.41) is 0.932. The van der Waals surface area contributed by atoms with Crippen molar-refractivity contribution in [2.75, 3.05) is 6.61 Å². The van der Waals surface area contributed by atoms with Crippen molar-refractivity contribution in [3.8, 4) is 0 Å². The lowest BCUT2D eigenvalue weighted by atomic mass is 9.93. The molecule has 1 aliphatic rings. The molecule has 0 bridgehead atoms. The smallest absolute Gasteiger partial charge is 0.167 e. The molecule has 1 unspecified atom stereocenters. The Morgan fingerprint density at radius 2 is 2.00 bits per heavy atom. The number of rotatable bonds is 3. The van der Waals surface area contributed by atoms with Crippen molar-refractivity contribution >= 4 is 29.0 Å². The van der Waals surface area contributed by atoms with Crippen LogP contribution in [0.25, 0.3) is 0 Å². The van der Waals surface area contributed by atoms with Crippen LogP contribution in [0.15, 0.2) is 42.5 Å². The summed E-state index contributed by atoms with van der Waals surface area (Å²) in [6.07, 6.45) is 0.952.